The van der Waals surface area contributed by atoms with Crippen molar-refractivity contribution in [3.8, 4) is 0 Å². The molecule has 0 bridgehead atoms. The van der Waals surface area contributed by atoms with E-state index in [-0.39, 0.29) is 5.82 Å². The highest BCUT2D eigenvalue weighted by molar-refractivity contribution is 7.98. The van der Waals surface area contributed by atoms with Crippen LogP contribution in [0.5, 0.6) is 0 Å². The number of aryl methyl sites for hydroxylation is 1. The maximum absolute atomic E-state index is 12.9. The Hall–Kier alpha value is -1.55. The number of nitrogens with two attached hydrogens (primary N) is 1. The summed E-state index contributed by atoms with van der Waals surface area (Å²) in [6, 6.07) is 10.4. The largest absolute Gasteiger partial charge is 0.398 e. The van der Waals surface area contributed by atoms with Gasteiger partial charge in [-0.2, -0.15) is 0 Å². The highest BCUT2D eigenvalue weighted by Crippen LogP contribution is 2.28. The van der Waals surface area contributed by atoms with E-state index in [0.29, 0.717) is 5.69 Å². The lowest BCUT2D eigenvalue weighted by atomic mass is 10.3. The second-order valence-corrected chi connectivity index (χ2v) is 4.76. The molecule has 0 radical (unpaired) electrons. The van der Waals surface area contributed by atoms with Crippen LogP contribution in [0.2, 0.25) is 0 Å². The molecule has 88 valence electrons. The molecule has 2 nitrogen and oxygen atoms in total. The number of thioether (sulfide) groups is 1. The normalized spacial score (nSPS) is 10.5. The molecular formula is C13H13FN2S. The van der Waals surface area contributed by atoms with E-state index in [4.69, 9.17) is 5.73 Å². The number of benzene rings is 1. The first-order valence-corrected chi connectivity index (χ1v) is 6.24. The van der Waals surface area contributed by atoms with Gasteiger partial charge in [0.25, 0.3) is 0 Å². The third kappa shape index (κ3) is 3.20. The molecule has 2 aromatic rings. The summed E-state index contributed by atoms with van der Waals surface area (Å²) in [5, 5.41) is 0. The topological polar surface area (TPSA) is 38.9 Å². The monoisotopic (exact) mass is 248 g/mol. The maximum Gasteiger partial charge on any atom is 0.125 e. The predicted octanol–water partition coefficient (Wildman–Crippen LogP) is 3.40. The summed E-state index contributed by atoms with van der Waals surface area (Å²) in [5.41, 5.74) is 8.20. The molecule has 17 heavy (non-hydrogen) atoms. The number of hydrogen-bond donors (Lipinski definition) is 1. The molecule has 0 amide bonds. The second-order valence-electron chi connectivity index (χ2n) is 3.74. The number of nitrogens with zero attached hydrogens (tertiary/aromatic N) is 1. The minimum Gasteiger partial charge on any atom is -0.398 e. The van der Waals surface area contributed by atoms with Crippen molar-refractivity contribution in [1.29, 1.82) is 0 Å². The molecule has 0 aliphatic heterocycles. The molecule has 0 saturated heterocycles. The van der Waals surface area contributed by atoms with Crippen LogP contribution in [0.15, 0.2) is 41.3 Å². The molecule has 0 atom stereocenters. The van der Waals surface area contributed by atoms with Gasteiger partial charge in [0.05, 0.1) is 5.69 Å². The van der Waals surface area contributed by atoms with Crippen LogP contribution in [0.25, 0.3) is 0 Å². The van der Waals surface area contributed by atoms with Crippen LogP contribution in [0.3, 0.4) is 0 Å². The van der Waals surface area contributed by atoms with Gasteiger partial charge >= 0.3 is 0 Å². The molecule has 1 aromatic carbocycles. The molecule has 0 aliphatic rings. The summed E-state index contributed by atoms with van der Waals surface area (Å²) in [6.45, 7) is 1.96. The van der Waals surface area contributed by atoms with Crippen LogP contribution in [0.4, 0.5) is 10.1 Å². The van der Waals surface area contributed by atoms with E-state index in [1.807, 2.05) is 25.1 Å². The minimum atomic E-state index is -0.305. The molecule has 2 N–H and O–H groups in total. The number of nitrogen functional groups attached to an aromatic ring is 1. The summed E-state index contributed by atoms with van der Waals surface area (Å²) in [7, 11) is 0. The lowest BCUT2D eigenvalue weighted by Gasteiger charge is -2.05. The molecule has 0 spiro atoms. The maximum atomic E-state index is 12.9. The van der Waals surface area contributed by atoms with Gasteiger partial charge in [-0.1, -0.05) is 6.07 Å². The summed E-state index contributed by atoms with van der Waals surface area (Å²) in [5.74, 6) is 0.429. The van der Waals surface area contributed by atoms with E-state index in [2.05, 4.69) is 4.98 Å². The van der Waals surface area contributed by atoms with Gasteiger partial charge in [-0.05, 0) is 37.3 Å². The van der Waals surface area contributed by atoms with E-state index < -0.39 is 0 Å². The van der Waals surface area contributed by atoms with Crippen molar-refractivity contribution in [3.63, 3.8) is 0 Å². The number of pyridine rings is 1. The molecule has 0 unspecified atom stereocenters. The number of anilines is 1. The zero-order chi connectivity index (χ0) is 12.3. The summed E-state index contributed by atoms with van der Waals surface area (Å²) in [4.78, 5) is 5.28. The Bertz CT molecular complexity index is 529. The SMILES string of the molecule is Cc1cccc(CSc2ccc(F)cc2N)n1. The highest BCUT2D eigenvalue weighted by atomic mass is 32.2. The van der Waals surface area contributed by atoms with Gasteiger partial charge in [-0.25, -0.2) is 4.39 Å². The average Bonchev–Trinajstić information content (AvgIpc) is 2.28. The summed E-state index contributed by atoms with van der Waals surface area (Å²) in [6.07, 6.45) is 0. The molecule has 0 fully saturated rings. The zero-order valence-corrected chi connectivity index (χ0v) is 10.3. The molecule has 0 saturated carbocycles. The van der Waals surface area contributed by atoms with Crippen LogP contribution >= 0.6 is 11.8 Å². The van der Waals surface area contributed by atoms with E-state index in [1.165, 1.54) is 12.1 Å². The minimum absolute atomic E-state index is 0.305. The van der Waals surface area contributed by atoms with Crippen molar-refractivity contribution < 1.29 is 4.39 Å². The summed E-state index contributed by atoms with van der Waals surface area (Å²) >= 11 is 1.56. The van der Waals surface area contributed by atoms with Crippen molar-refractivity contribution in [3.05, 3.63) is 53.6 Å². The quantitative estimate of drug-likeness (QED) is 0.668. The average molecular weight is 248 g/mol. The van der Waals surface area contributed by atoms with Crippen molar-refractivity contribution in [2.24, 2.45) is 0 Å². The molecular weight excluding hydrogens is 235 g/mol. The van der Waals surface area contributed by atoms with Gasteiger partial charge in [0.15, 0.2) is 0 Å². The van der Waals surface area contributed by atoms with Crippen molar-refractivity contribution >= 4 is 17.4 Å². The first-order valence-electron chi connectivity index (χ1n) is 5.25. The third-order valence-electron chi connectivity index (χ3n) is 2.29. The Morgan fingerprint density at radius 1 is 1.29 bits per heavy atom. The molecule has 0 aliphatic carbocycles. The Balaban J connectivity index is 2.07. The van der Waals surface area contributed by atoms with Gasteiger partial charge in [0.2, 0.25) is 0 Å². The lowest BCUT2D eigenvalue weighted by molar-refractivity contribution is 0.627. The zero-order valence-electron chi connectivity index (χ0n) is 9.48. The number of halogens is 1. The highest BCUT2D eigenvalue weighted by Gasteiger charge is 2.03. The lowest BCUT2D eigenvalue weighted by Crippen LogP contribution is -1.92. The van der Waals surface area contributed by atoms with Crippen molar-refractivity contribution in [2.75, 3.05) is 5.73 Å². The Morgan fingerprint density at radius 2 is 2.12 bits per heavy atom. The fourth-order valence-corrected chi connectivity index (χ4v) is 2.34. The van der Waals surface area contributed by atoms with Crippen LogP contribution in [0.1, 0.15) is 11.4 Å². The van der Waals surface area contributed by atoms with Gasteiger partial charge in [0, 0.05) is 22.0 Å². The molecule has 2 rings (SSSR count). The van der Waals surface area contributed by atoms with E-state index in [0.717, 1.165) is 22.0 Å². The second kappa shape index (κ2) is 5.19. The van der Waals surface area contributed by atoms with E-state index in [1.54, 1.807) is 17.8 Å². The number of aromatic nitrogens is 1. The first kappa shape index (κ1) is 11.9. The fraction of sp³-hybridized carbons (Fsp3) is 0.154. The molecule has 1 aromatic heterocycles. The van der Waals surface area contributed by atoms with Crippen LogP contribution in [-0.2, 0) is 5.75 Å². The van der Waals surface area contributed by atoms with Gasteiger partial charge in [-0.15, -0.1) is 11.8 Å². The fourth-order valence-electron chi connectivity index (χ4n) is 1.48. The van der Waals surface area contributed by atoms with Crippen molar-refractivity contribution in [1.82, 2.24) is 4.98 Å². The molecule has 1 heterocycles. The van der Waals surface area contributed by atoms with E-state index >= 15 is 0 Å². The first-order chi connectivity index (χ1) is 8.15. The Labute approximate surface area is 104 Å². The van der Waals surface area contributed by atoms with Crippen LogP contribution < -0.4 is 5.73 Å². The van der Waals surface area contributed by atoms with Gasteiger partial charge in [-0.3, -0.25) is 4.98 Å². The third-order valence-corrected chi connectivity index (χ3v) is 3.42. The predicted molar refractivity (Wildman–Crippen MR) is 69.3 cm³/mol. The smallest absolute Gasteiger partial charge is 0.125 e. The number of hydrogen-bond acceptors (Lipinski definition) is 3. The van der Waals surface area contributed by atoms with Crippen molar-refractivity contribution in [2.45, 2.75) is 17.6 Å². The number of rotatable bonds is 3. The van der Waals surface area contributed by atoms with Crippen LogP contribution in [-0.4, -0.2) is 4.98 Å². The Morgan fingerprint density at radius 3 is 2.82 bits per heavy atom. The Kier molecular flexibility index (Phi) is 3.64. The van der Waals surface area contributed by atoms with Crippen LogP contribution in [0, 0.1) is 12.7 Å². The summed E-state index contributed by atoms with van der Waals surface area (Å²) < 4.78 is 12.9. The van der Waals surface area contributed by atoms with E-state index in [9.17, 15) is 4.39 Å². The van der Waals surface area contributed by atoms with Gasteiger partial charge < -0.3 is 5.73 Å². The molecule has 4 heteroatoms. The standard InChI is InChI=1S/C13H13FN2S/c1-9-3-2-4-11(16-9)8-17-13-6-5-10(14)7-12(13)15/h2-7H,8,15H2,1H3. The van der Waals surface area contributed by atoms with Gasteiger partial charge in [0.1, 0.15) is 5.82 Å².